The molecule has 2 aromatic heterocycles. The molecule has 1 aliphatic rings. The molecule has 0 bridgehead atoms. The normalized spacial score (nSPS) is 15.1. The Morgan fingerprint density at radius 2 is 1.94 bits per heavy atom. The number of pyridine rings is 1. The zero-order chi connectivity index (χ0) is 23.3. The Morgan fingerprint density at radius 1 is 1.03 bits per heavy atom. The van der Waals surface area contributed by atoms with Crippen LogP contribution in [0.15, 0.2) is 65.7 Å². The monoisotopic (exact) mass is 486 g/mol. The van der Waals surface area contributed by atoms with Crippen molar-refractivity contribution in [1.29, 1.82) is 0 Å². The second-order valence-corrected chi connectivity index (χ2v) is 9.69. The highest BCUT2D eigenvalue weighted by molar-refractivity contribution is 8.26. The number of aromatic amines is 1. The molecule has 3 heterocycles. The number of hydrogen-bond donors (Lipinski definition) is 1. The molecule has 0 saturated carbocycles. The van der Waals surface area contributed by atoms with E-state index in [0.717, 1.165) is 59.1 Å². The topological polar surface area (TPSA) is 87.7 Å². The number of aryl methyl sites for hydroxylation is 1. The molecule has 9 heteroatoms. The number of nitrogens with zero attached hydrogens (tertiary/aromatic N) is 5. The van der Waals surface area contributed by atoms with Gasteiger partial charge in [-0.15, -0.1) is 10.2 Å². The highest BCUT2D eigenvalue weighted by atomic mass is 32.2. The van der Waals surface area contributed by atoms with E-state index in [9.17, 15) is 4.79 Å². The van der Waals surface area contributed by atoms with Gasteiger partial charge in [-0.3, -0.25) is 14.7 Å². The van der Waals surface area contributed by atoms with Crippen molar-refractivity contribution in [2.24, 2.45) is 0 Å². The van der Waals surface area contributed by atoms with Crippen molar-refractivity contribution < 1.29 is 4.79 Å². The number of benzene rings is 2. The fourth-order valence-corrected chi connectivity index (χ4v) is 5.21. The largest absolute Gasteiger partial charge is 0.293 e. The lowest BCUT2D eigenvalue weighted by Gasteiger charge is -2.13. The van der Waals surface area contributed by atoms with Crippen LogP contribution in [0.25, 0.3) is 28.1 Å². The van der Waals surface area contributed by atoms with Crippen LogP contribution in [-0.2, 0) is 11.2 Å². The smallest absolute Gasteiger partial charge is 0.266 e. The molecular formula is C25H22N6OS2. The lowest BCUT2D eigenvalue weighted by atomic mass is 10.0. The highest BCUT2D eigenvalue weighted by Gasteiger charge is 2.31. The van der Waals surface area contributed by atoms with E-state index in [1.54, 1.807) is 4.90 Å². The molecule has 34 heavy (non-hydrogen) atoms. The fourth-order valence-electron chi connectivity index (χ4n) is 3.90. The predicted molar refractivity (Wildman–Crippen MR) is 139 cm³/mol. The SMILES string of the molecule is O=C1C(=Cc2cccc(-c3cnc4ccccc4c3)c2)SC(=S)N1CCCCCc1nn[nH]n1. The summed E-state index contributed by atoms with van der Waals surface area (Å²) in [4.78, 5) is 19.9. The van der Waals surface area contributed by atoms with E-state index >= 15 is 0 Å². The van der Waals surface area contributed by atoms with Gasteiger partial charge in [-0.2, -0.15) is 5.21 Å². The van der Waals surface area contributed by atoms with Crippen LogP contribution >= 0.6 is 24.0 Å². The number of carbonyl (C=O) groups excluding carboxylic acids is 1. The summed E-state index contributed by atoms with van der Waals surface area (Å²) in [7, 11) is 0. The molecule has 7 nitrogen and oxygen atoms in total. The van der Waals surface area contributed by atoms with Crippen molar-refractivity contribution >= 4 is 51.2 Å². The quantitative estimate of drug-likeness (QED) is 0.212. The summed E-state index contributed by atoms with van der Waals surface area (Å²) in [6.07, 6.45) is 7.38. The van der Waals surface area contributed by atoms with E-state index in [1.807, 2.05) is 42.6 Å². The van der Waals surface area contributed by atoms with Gasteiger partial charge < -0.3 is 0 Å². The molecule has 4 aromatic rings. The Morgan fingerprint density at radius 3 is 2.82 bits per heavy atom. The van der Waals surface area contributed by atoms with Crippen LogP contribution in [0.4, 0.5) is 0 Å². The van der Waals surface area contributed by atoms with E-state index in [0.29, 0.717) is 15.8 Å². The van der Waals surface area contributed by atoms with Crippen LogP contribution in [0.2, 0.25) is 0 Å². The molecule has 0 aliphatic carbocycles. The molecule has 0 radical (unpaired) electrons. The number of para-hydroxylation sites is 1. The molecule has 1 aliphatic heterocycles. The number of tetrazole rings is 1. The minimum atomic E-state index is -0.0223. The average molecular weight is 487 g/mol. The van der Waals surface area contributed by atoms with E-state index in [1.165, 1.54) is 11.8 Å². The Bertz CT molecular complexity index is 1370. The number of rotatable bonds is 8. The minimum Gasteiger partial charge on any atom is -0.293 e. The van der Waals surface area contributed by atoms with E-state index in [4.69, 9.17) is 12.2 Å². The van der Waals surface area contributed by atoms with Crippen molar-refractivity contribution in [1.82, 2.24) is 30.5 Å². The summed E-state index contributed by atoms with van der Waals surface area (Å²) in [5.74, 6) is 0.696. The third-order valence-electron chi connectivity index (χ3n) is 5.65. The molecule has 1 amide bonds. The maximum atomic E-state index is 13.0. The Balaban J connectivity index is 1.24. The van der Waals surface area contributed by atoms with Gasteiger partial charge in [0.25, 0.3) is 5.91 Å². The zero-order valence-electron chi connectivity index (χ0n) is 18.3. The third kappa shape index (κ3) is 5.05. The van der Waals surface area contributed by atoms with Crippen molar-refractivity contribution in [3.8, 4) is 11.1 Å². The standard InChI is InChI=1S/C25H22N6OS2/c32-24-22(34-25(33)31(24)12-5-1-2-11-23-27-29-30-28-23)14-17-7-6-9-18(13-17)20-15-19-8-3-4-10-21(19)26-16-20/h3-4,6-10,13-16H,1-2,5,11-12H2,(H,27,28,29,30). The van der Waals surface area contributed by atoms with Crippen LogP contribution in [0.1, 0.15) is 30.7 Å². The first-order valence-corrected chi connectivity index (χ1v) is 12.3. The molecule has 0 spiro atoms. The van der Waals surface area contributed by atoms with Gasteiger partial charge in [0.15, 0.2) is 5.82 Å². The number of aromatic nitrogens is 5. The number of carbonyl (C=O) groups is 1. The van der Waals surface area contributed by atoms with Gasteiger partial charge in [0.2, 0.25) is 0 Å². The molecular weight excluding hydrogens is 464 g/mol. The lowest BCUT2D eigenvalue weighted by molar-refractivity contribution is -0.122. The Kier molecular flexibility index (Phi) is 6.73. The highest BCUT2D eigenvalue weighted by Crippen LogP contribution is 2.33. The summed E-state index contributed by atoms with van der Waals surface area (Å²) in [5, 5.41) is 15.0. The molecule has 5 rings (SSSR count). The summed E-state index contributed by atoms with van der Waals surface area (Å²) >= 11 is 6.85. The van der Waals surface area contributed by atoms with Gasteiger partial charge in [0.05, 0.1) is 10.4 Å². The number of unbranched alkanes of at least 4 members (excludes halogenated alkanes) is 2. The van der Waals surface area contributed by atoms with E-state index < -0.39 is 0 Å². The van der Waals surface area contributed by atoms with Gasteiger partial charge >= 0.3 is 0 Å². The number of thioether (sulfide) groups is 1. The average Bonchev–Trinajstić information content (AvgIpc) is 3.47. The number of thiocarbonyl (C=S) groups is 1. The number of hydrogen-bond acceptors (Lipinski definition) is 7. The minimum absolute atomic E-state index is 0.0223. The van der Waals surface area contributed by atoms with Gasteiger partial charge in [-0.05, 0) is 48.2 Å². The van der Waals surface area contributed by atoms with Crippen LogP contribution < -0.4 is 0 Å². The Hall–Kier alpha value is -3.43. The summed E-state index contributed by atoms with van der Waals surface area (Å²) in [6, 6.07) is 18.3. The first-order chi connectivity index (χ1) is 16.7. The maximum absolute atomic E-state index is 13.0. The first-order valence-electron chi connectivity index (χ1n) is 11.1. The molecule has 0 unspecified atom stereocenters. The van der Waals surface area contributed by atoms with Crippen LogP contribution in [0.5, 0.6) is 0 Å². The third-order valence-corrected chi connectivity index (χ3v) is 7.03. The molecule has 1 fully saturated rings. The molecule has 0 atom stereocenters. The van der Waals surface area contributed by atoms with Gasteiger partial charge in [0.1, 0.15) is 4.32 Å². The van der Waals surface area contributed by atoms with Gasteiger partial charge in [-0.1, -0.05) is 72.0 Å². The molecule has 2 aromatic carbocycles. The number of nitrogens with one attached hydrogen (secondary N) is 1. The van der Waals surface area contributed by atoms with Crippen LogP contribution in [0, 0.1) is 0 Å². The second-order valence-electron chi connectivity index (χ2n) is 8.01. The van der Waals surface area contributed by atoms with Gasteiger partial charge in [0, 0.05) is 30.1 Å². The fraction of sp³-hybridized carbons (Fsp3) is 0.200. The maximum Gasteiger partial charge on any atom is 0.266 e. The number of fused-ring (bicyclic) bond motifs is 1. The molecule has 170 valence electrons. The van der Waals surface area contributed by atoms with Crippen molar-refractivity contribution in [3.63, 3.8) is 0 Å². The van der Waals surface area contributed by atoms with Crippen molar-refractivity contribution in [2.75, 3.05) is 6.54 Å². The van der Waals surface area contributed by atoms with Crippen molar-refractivity contribution in [2.45, 2.75) is 25.7 Å². The van der Waals surface area contributed by atoms with Crippen LogP contribution in [0.3, 0.4) is 0 Å². The molecule has 1 saturated heterocycles. The van der Waals surface area contributed by atoms with Crippen LogP contribution in [-0.4, -0.2) is 47.3 Å². The molecule has 1 N–H and O–H groups in total. The number of H-pyrrole nitrogens is 1. The van der Waals surface area contributed by atoms with Crippen molar-refractivity contribution in [3.05, 3.63) is 77.1 Å². The summed E-state index contributed by atoms with van der Waals surface area (Å²) in [6.45, 7) is 0.622. The van der Waals surface area contributed by atoms with Gasteiger partial charge in [-0.25, -0.2) is 0 Å². The summed E-state index contributed by atoms with van der Waals surface area (Å²) < 4.78 is 0.615. The lowest BCUT2D eigenvalue weighted by Crippen LogP contribution is -2.29. The van der Waals surface area contributed by atoms with E-state index in [-0.39, 0.29) is 5.91 Å². The zero-order valence-corrected chi connectivity index (χ0v) is 20.0. The number of amides is 1. The second kappa shape index (κ2) is 10.2. The first kappa shape index (κ1) is 22.4. The summed E-state index contributed by atoms with van der Waals surface area (Å²) in [5.41, 5.74) is 4.04. The van der Waals surface area contributed by atoms with E-state index in [2.05, 4.69) is 49.9 Å². The Labute approximate surface area is 206 Å². The predicted octanol–water partition coefficient (Wildman–Crippen LogP) is 5.03.